The van der Waals surface area contributed by atoms with E-state index in [0.29, 0.717) is 19.5 Å². The molecule has 0 saturated carbocycles. The van der Waals surface area contributed by atoms with Crippen LogP contribution >= 0.6 is 0 Å². The summed E-state index contributed by atoms with van der Waals surface area (Å²) in [6.07, 6.45) is 3.41. The van der Waals surface area contributed by atoms with Crippen LogP contribution in [0.4, 0.5) is 0 Å². The predicted octanol–water partition coefficient (Wildman–Crippen LogP) is 1.55. The fourth-order valence-corrected chi connectivity index (χ4v) is 1.36. The van der Waals surface area contributed by atoms with Gasteiger partial charge in [0.1, 0.15) is 0 Å². The molecule has 0 aliphatic carbocycles. The van der Waals surface area contributed by atoms with Crippen molar-refractivity contribution in [2.75, 3.05) is 19.6 Å². The van der Waals surface area contributed by atoms with Crippen LogP contribution in [0.1, 0.15) is 46.5 Å². The van der Waals surface area contributed by atoms with Crippen LogP contribution in [0.15, 0.2) is 0 Å². The van der Waals surface area contributed by atoms with E-state index < -0.39 is 0 Å². The molecule has 0 heterocycles. The van der Waals surface area contributed by atoms with Gasteiger partial charge in [0.2, 0.25) is 11.8 Å². The summed E-state index contributed by atoms with van der Waals surface area (Å²) in [4.78, 5) is 24.4. The van der Waals surface area contributed by atoms with E-state index in [1.807, 2.05) is 6.92 Å². The first-order chi connectivity index (χ1) is 7.61. The standard InChI is InChI=1S/C12H24N2O2/c1-4-6-9-14(11(3)15)10-7-12(16)13-8-5-2/h4-10H2,1-3H3,(H,13,16). The SMILES string of the molecule is CCCCN(CCC(=O)NCCC)C(C)=O. The van der Waals surface area contributed by atoms with Crippen LogP contribution in [0.2, 0.25) is 0 Å². The molecule has 94 valence electrons. The summed E-state index contributed by atoms with van der Waals surface area (Å²) in [5.41, 5.74) is 0. The minimum Gasteiger partial charge on any atom is -0.356 e. The molecule has 0 bridgehead atoms. The molecule has 1 N–H and O–H groups in total. The Morgan fingerprint density at radius 1 is 1.12 bits per heavy atom. The van der Waals surface area contributed by atoms with Crippen molar-refractivity contribution in [3.63, 3.8) is 0 Å². The van der Waals surface area contributed by atoms with Crippen molar-refractivity contribution in [2.45, 2.75) is 46.5 Å². The summed E-state index contributed by atoms with van der Waals surface area (Å²) < 4.78 is 0. The first kappa shape index (κ1) is 14.9. The van der Waals surface area contributed by atoms with Crippen molar-refractivity contribution in [1.29, 1.82) is 0 Å². The third-order valence-electron chi connectivity index (χ3n) is 2.41. The van der Waals surface area contributed by atoms with Crippen molar-refractivity contribution in [2.24, 2.45) is 0 Å². The lowest BCUT2D eigenvalue weighted by Gasteiger charge is -2.20. The third kappa shape index (κ3) is 7.26. The van der Waals surface area contributed by atoms with Gasteiger partial charge in [-0.05, 0) is 12.8 Å². The van der Waals surface area contributed by atoms with E-state index >= 15 is 0 Å². The highest BCUT2D eigenvalue weighted by molar-refractivity contribution is 5.77. The maximum atomic E-state index is 11.4. The van der Waals surface area contributed by atoms with Gasteiger partial charge in [0.25, 0.3) is 0 Å². The molecule has 0 unspecified atom stereocenters. The fourth-order valence-electron chi connectivity index (χ4n) is 1.36. The van der Waals surface area contributed by atoms with Gasteiger partial charge < -0.3 is 10.2 Å². The van der Waals surface area contributed by atoms with Gasteiger partial charge in [0, 0.05) is 33.0 Å². The van der Waals surface area contributed by atoms with Crippen molar-refractivity contribution in [3.8, 4) is 0 Å². The molecule has 0 aromatic heterocycles. The second kappa shape index (κ2) is 9.19. The number of hydrogen-bond acceptors (Lipinski definition) is 2. The number of hydrogen-bond donors (Lipinski definition) is 1. The molecule has 0 aromatic rings. The van der Waals surface area contributed by atoms with Gasteiger partial charge >= 0.3 is 0 Å². The molecule has 0 aliphatic rings. The Labute approximate surface area is 98.4 Å². The van der Waals surface area contributed by atoms with Gasteiger partial charge in [-0.3, -0.25) is 9.59 Å². The molecule has 0 saturated heterocycles. The van der Waals surface area contributed by atoms with E-state index in [4.69, 9.17) is 0 Å². The van der Waals surface area contributed by atoms with Crippen LogP contribution in [0.5, 0.6) is 0 Å². The molecular formula is C12H24N2O2. The summed E-state index contributed by atoms with van der Waals surface area (Å²) in [7, 11) is 0. The second-order valence-electron chi connectivity index (χ2n) is 3.96. The summed E-state index contributed by atoms with van der Waals surface area (Å²) in [6.45, 7) is 7.67. The lowest BCUT2D eigenvalue weighted by Crippen LogP contribution is -2.34. The second-order valence-corrected chi connectivity index (χ2v) is 3.96. The zero-order valence-electron chi connectivity index (χ0n) is 10.7. The number of rotatable bonds is 8. The topological polar surface area (TPSA) is 49.4 Å². The summed E-state index contributed by atoms with van der Waals surface area (Å²) >= 11 is 0. The average molecular weight is 228 g/mol. The van der Waals surface area contributed by atoms with Crippen LogP contribution in [0, 0.1) is 0 Å². The number of carbonyl (C=O) groups excluding carboxylic acids is 2. The molecule has 0 aromatic carbocycles. The van der Waals surface area contributed by atoms with Gasteiger partial charge in [-0.2, -0.15) is 0 Å². The molecule has 0 rings (SSSR count). The van der Waals surface area contributed by atoms with Crippen LogP contribution in [0.3, 0.4) is 0 Å². The van der Waals surface area contributed by atoms with E-state index in [2.05, 4.69) is 12.2 Å². The fraction of sp³-hybridized carbons (Fsp3) is 0.833. The maximum Gasteiger partial charge on any atom is 0.221 e. The van der Waals surface area contributed by atoms with E-state index in [1.54, 1.807) is 11.8 Å². The number of nitrogens with zero attached hydrogens (tertiary/aromatic N) is 1. The predicted molar refractivity (Wildman–Crippen MR) is 65.1 cm³/mol. The van der Waals surface area contributed by atoms with Gasteiger partial charge in [-0.1, -0.05) is 20.3 Å². The number of unbranched alkanes of at least 4 members (excludes halogenated alkanes) is 1. The lowest BCUT2D eigenvalue weighted by atomic mass is 10.3. The Morgan fingerprint density at radius 2 is 1.81 bits per heavy atom. The van der Waals surface area contributed by atoms with E-state index in [9.17, 15) is 9.59 Å². The molecule has 0 fully saturated rings. The van der Waals surface area contributed by atoms with Gasteiger partial charge in [0.05, 0.1) is 0 Å². The zero-order valence-corrected chi connectivity index (χ0v) is 10.7. The smallest absolute Gasteiger partial charge is 0.221 e. The summed E-state index contributed by atoms with van der Waals surface area (Å²) in [5.74, 6) is 0.0846. The Balaban J connectivity index is 3.82. The third-order valence-corrected chi connectivity index (χ3v) is 2.41. The van der Waals surface area contributed by atoms with Gasteiger partial charge in [0.15, 0.2) is 0 Å². The molecule has 2 amide bonds. The van der Waals surface area contributed by atoms with E-state index in [0.717, 1.165) is 25.8 Å². The molecule has 0 radical (unpaired) electrons. The molecule has 4 nitrogen and oxygen atoms in total. The van der Waals surface area contributed by atoms with E-state index in [-0.39, 0.29) is 11.8 Å². The number of nitrogens with one attached hydrogen (secondary N) is 1. The molecular weight excluding hydrogens is 204 g/mol. The minimum absolute atomic E-state index is 0.0320. The average Bonchev–Trinajstić information content (AvgIpc) is 2.25. The van der Waals surface area contributed by atoms with Gasteiger partial charge in [-0.15, -0.1) is 0 Å². The first-order valence-corrected chi connectivity index (χ1v) is 6.14. The number of amides is 2. The Bertz CT molecular complexity index is 217. The van der Waals surface area contributed by atoms with Crippen LogP contribution < -0.4 is 5.32 Å². The quantitative estimate of drug-likeness (QED) is 0.685. The van der Waals surface area contributed by atoms with Crippen molar-refractivity contribution < 1.29 is 9.59 Å². The lowest BCUT2D eigenvalue weighted by molar-refractivity contribution is -0.129. The highest BCUT2D eigenvalue weighted by atomic mass is 16.2. The van der Waals surface area contributed by atoms with E-state index in [1.165, 1.54) is 0 Å². The monoisotopic (exact) mass is 228 g/mol. The molecule has 4 heteroatoms. The zero-order chi connectivity index (χ0) is 12.4. The molecule has 0 atom stereocenters. The number of carbonyl (C=O) groups is 2. The summed E-state index contributed by atoms with van der Waals surface area (Å²) in [6, 6.07) is 0. The van der Waals surface area contributed by atoms with Crippen LogP contribution in [-0.4, -0.2) is 36.3 Å². The highest BCUT2D eigenvalue weighted by Gasteiger charge is 2.09. The van der Waals surface area contributed by atoms with Gasteiger partial charge in [-0.25, -0.2) is 0 Å². The van der Waals surface area contributed by atoms with Crippen LogP contribution in [-0.2, 0) is 9.59 Å². The van der Waals surface area contributed by atoms with Crippen molar-refractivity contribution in [1.82, 2.24) is 10.2 Å². The normalized spacial score (nSPS) is 9.94. The highest BCUT2D eigenvalue weighted by Crippen LogP contribution is 1.97. The molecule has 0 spiro atoms. The largest absolute Gasteiger partial charge is 0.356 e. The Hall–Kier alpha value is -1.06. The summed E-state index contributed by atoms with van der Waals surface area (Å²) in [5, 5.41) is 2.81. The van der Waals surface area contributed by atoms with Crippen molar-refractivity contribution >= 4 is 11.8 Å². The molecule has 16 heavy (non-hydrogen) atoms. The van der Waals surface area contributed by atoms with Crippen molar-refractivity contribution in [3.05, 3.63) is 0 Å². The minimum atomic E-state index is 0.0320. The molecule has 0 aliphatic heterocycles. The Kier molecular flexibility index (Phi) is 8.58. The Morgan fingerprint density at radius 3 is 2.31 bits per heavy atom. The maximum absolute atomic E-state index is 11.4. The van der Waals surface area contributed by atoms with Crippen LogP contribution in [0.25, 0.3) is 0 Å². The first-order valence-electron chi connectivity index (χ1n) is 6.14.